The van der Waals surface area contributed by atoms with Gasteiger partial charge in [0.1, 0.15) is 5.54 Å². The first-order valence-corrected chi connectivity index (χ1v) is 6.60. The highest BCUT2D eigenvalue weighted by Crippen LogP contribution is 2.32. The third-order valence-electron chi connectivity index (χ3n) is 3.96. The Morgan fingerprint density at radius 2 is 1.88 bits per heavy atom. The van der Waals surface area contributed by atoms with Gasteiger partial charge in [0.15, 0.2) is 0 Å². The summed E-state index contributed by atoms with van der Waals surface area (Å²) >= 11 is 0. The van der Waals surface area contributed by atoms with Crippen LogP contribution in [0, 0.1) is 5.92 Å². The minimum atomic E-state index is -0.367. The summed E-state index contributed by atoms with van der Waals surface area (Å²) in [5, 5.41) is 3.51. The van der Waals surface area contributed by atoms with Crippen LogP contribution in [-0.2, 0) is 9.53 Å². The van der Waals surface area contributed by atoms with E-state index in [0.29, 0.717) is 0 Å². The second-order valence-corrected chi connectivity index (χ2v) is 5.31. The van der Waals surface area contributed by atoms with Crippen molar-refractivity contribution in [1.29, 1.82) is 0 Å². The Kier molecular flexibility index (Phi) is 3.85. The van der Waals surface area contributed by atoms with Crippen LogP contribution < -0.4 is 5.32 Å². The highest BCUT2D eigenvalue weighted by atomic mass is 16.5. The fourth-order valence-corrected chi connectivity index (χ4v) is 2.64. The molecule has 2 saturated carbocycles. The maximum atomic E-state index is 12.0. The third-order valence-corrected chi connectivity index (χ3v) is 3.96. The van der Waals surface area contributed by atoms with Crippen molar-refractivity contribution >= 4 is 5.97 Å². The monoisotopic (exact) mass is 225 g/mol. The van der Waals surface area contributed by atoms with Crippen LogP contribution in [0.1, 0.15) is 51.4 Å². The van der Waals surface area contributed by atoms with Gasteiger partial charge in [-0.25, -0.2) is 0 Å². The van der Waals surface area contributed by atoms with Gasteiger partial charge in [0, 0.05) is 0 Å². The lowest BCUT2D eigenvalue weighted by atomic mass is 9.90. The van der Waals surface area contributed by atoms with Crippen molar-refractivity contribution in [2.45, 2.75) is 56.9 Å². The van der Waals surface area contributed by atoms with Crippen molar-refractivity contribution in [2.24, 2.45) is 5.92 Å². The molecule has 0 bridgehead atoms. The lowest BCUT2D eigenvalue weighted by Crippen LogP contribution is -2.53. The van der Waals surface area contributed by atoms with Gasteiger partial charge in [0.05, 0.1) is 7.11 Å². The number of nitrogens with one attached hydrogen (secondary N) is 1. The van der Waals surface area contributed by atoms with Crippen LogP contribution in [0.4, 0.5) is 0 Å². The molecule has 0 unspecified atom stereocenters. The van der Waals surface area contributed by atoms with Crippen LogP contribution in [0.5, 0.6) is 0 Å². The van der Waals surface area contributed by atoms with E-state index in [9.17, 15) is 4.79 Å². The average molecular weight is 225 g/mol. The van der Waals surface area contributed by atoms with Crippen molar-refractivity contribution in [3.63, 3.8) is 0 Å². The van der Waals surface area contributed by atoms with Gasteiger partial charge in [-0.1, -0.05) is 25.7 Å². The number of hydrogen-bond acceptors (Lipinski definition) is 3. The molecule has 2 aliphatic rings. The third kappa shape index (κ3) is 2.76. The topological polar surface area (TPSA) is 38.3 Å². The summed E-state index contributed by atoms with van der Waals surface area (Å²) in [5.41, 5.74) is -0.367. The molecule has 1 N–H and O–H groups in total. The molecule has 3 nitrogen and oxygen atoms in total. The van der Waals surface area contributed by atoms with Gasteiger partial charge >= 0.3 is 5.97 Å². The van der Waals surface area contributed by atoms with E-state index in [1.165, 1.54) is 32.8 Å². The number of esters is 1. The predicted octanol–water partition coefficient (Wildman–Crippen LogP) is 2.25. The second kappa shape index (κ2) is 5.17. The van der Waals surface area contributed by atoms with Crippen molar-refractivity contribution < 1.29 is 9.53 Å². The summed E-state index contributed by atoms with van der Waals surface area (Å²) in [7, 11) is 1.51. The molecule has 0 amide bonds. The van der Waals surface area contributed by atoms with Crippen molar-refractivity contribution in [2.75, 3.05) is 13.7 Å². The van der Waals surface area contributed by atoms with E-state index in [0.717, 1.165) is 38.1 Å². The number of ether oxygens (including phenoxy) is 1. The van der Waals surface area contributed by atoms with E-state index in [-0.39, 0.29) is 11.5 Å². The van der Waals surface area contributed by atoms with Gasteiger partial charge in [-0.2, -0.15) is 0 Å². The average Bonchev–Trinajstić information content (AvgIpc) is 3.12. The van der Waals surface area contributed by atoms with Crippen LogP contribution in [0.15, 0.2) is 0 Å². The molecule has 2 fully saturated rings. The highest BCUT2D eigenvalue weighted by molar-refractivity contribution is 5.80. The molecule has 0 saturated heterocycles. The summed E-state index contributed by atoms with van der Waals surface area (Å²) < 4.78 is 5.00. The minimum absolute atomic E-state index is 0.0462. The smallest absolute Gasteiger partial charge is 0.326 e. The summed E-state index contributed by atoms with van der Waals surface area (Å²) in [6, 6.07) is 0. The van der Waals surface area contributed by atoms with Crippen LogP contribution in [0.3, 0.4) is 0 Å². The number of carbonyl (C=O) groups excluding carboxylic acids is 1. The lowest BCUT2D eigenvalue weighted by Gasteiger charge is -2.31. The fraction of sp³-hybridized carbons (Fsp3) is 0.923. The van der Waals surface area contributed by atoms with Gasteiger partial charge in [-0.05, 0) is 38.1 Å². The van der Waals surface area contributed by atoms with Crippen LogP contribution >= 0.6 is 0 Å². The van der Waals surface area contributed by atoms with E-state index in [4.69, 9.17) is 4.74 Å². The first-order valence-electron chi connectivity index (χ1n) is 6.60. The van der Waals surface area contributed by atoms with Crippen LogP contribution in [-0.4, -0.2) is 25.2 Å². The second-order valence-electron chi connectivity index (χ2n) is 5.31. The Morgan fingerprint density at radius 3 is 2.38 bits per heavy atom. The largest absolute Gasteiger partial charge is 0.468 e. The Balaban J connectivity index is 1.99. The maximum Gasteiger partial charge on any atom is 0.326 e. The van der Waals surface area contributed by atoms with Crippen LogP contribution in [0.25, 0.3) is 0 Å². The first-order chi connectivity index (χ1) is 7.77. The lowest BCUT2D eigenvalue weighted by molar-refractivity contribution is -0.149. The molecule has 0 radical (unpaired) electrons. The maximum absolute atomic E-state index is 12.0. The molecule has 0 aromatic heterocycles. The zero-order valence-electron chi connectivity index (χ0n) is 10.3. The van der Waals surface area contributed by atoms with Crippen LogP contribution in [0.2, 0.25) is 0 Å². The summed E-state index contributed by atoms with van der Waals surface area (Å²) in [6.45, 7) is 0.995. The molecule has 92 valence electrons. The Bertz CT molecular complexity index is 240. The number of methoxy groups -OCH3 is 1. The van der Waals surface area contributed by atoms with Crippen molar-refractivity contribution in [3.05, 3.63) is 0 Å². The van der Waals surface area contributed by atoms with Gasteiger partial charge in [0.25, 0.3) is 0 Å². The molecule has 0 atom stereocenters. The van der Waals surface area contributed by atoms with E-state index < -0.39 is 0 Å². The molecular formula is C13H23NO2. The van der Waals surface area contributed by atoms with Gasteiger partial charge < -0.3 is 10.1 Å². The summed E-state index contributed by atoms with van der Waals surface area (Å²) in [4.78, 5) is 12.0. The van der Waals surface area contributed by atoms with Crippen molar-refractivity contribution in [1.82, 2.24) is 5.32 Å². The van der Waals surface area contributed by atoms with Crippen molar-refractivity contribution in [3.8, 4) is 0 Å². The van der Waals surface area contributed by atoms with E-state index in [2.05, 4.69) is 5.32 Å². The Labute approximate surface area is 97.9 Å². The van der Waals surface area contributed by atoms with Gasteiger partial charge in [-0.3, -0.25) is 4.79 Å². The summed E-state index contributed by atoms with van der Waals surface area (Å²) in [5.74, 6) is 0.764. The Morgan fingerprint density at radius 1 is 1.25 bits per heavy atom. The normalized spacial score (nSPS) is 24.8. The molecule has 0 aromatic rings. The quantitative estimate of drug-likeness (QED) is 0.589. The van der Waals surface area contributed by atoms with E-state index in [1.807, 2.05) is 0 Å². The molecule has 2 aliphatic carbocycles. The molecule has 0 spiro atoms. The Hall–Kier alpha value is -0.570. The highest BCUT2D eigenvalue weighted by Gasteiger charge is 2.40. The number of hydrogen-bond donors (Lipinski definition) is 1. The van der Waals surface area contributed by atoms with Gasteiger partial charge in [-0.15, -0.1) is 0 Å². The zero-order chi connectivity index (χ0) is 11.4. The molecule has 3 heteroatoms. The zero-order valence-corrected chi connectivity index (χ0v) is 10.3. The molecule has 2 rings (SSSR count). The molecule has 0 heterocycles. The fourth-order valence-electron chi connectivity index (χ4n) is 2.64. The molecule has 0 aliphatic heterocycles. The van der Waals surface area contributed by atoms with E-state index >= 15 is 0 Å². The minimum Gasteiger partial charge on any atom is -0.468 e. The molecule has 16 heavy (non-hydrogen) atoms. The first kappa shape index (κ1) is 11.9. The predicted molar refractivity (Wildman–Crippen MR) is 63.2 cm³/mol. The summed E-state index contributed by atoms with van der Waals surface area (Å²) in [6.07, 6.45) is 9.35. The SMILES string of the molecule is COC(=O)C1(NCC2CC2)CCCCCC1. The number of rotatable bonds is 4. The van der Waals surface area contributed by atoms with E-state index in [1.54, 1.807) is 0 Å². The molecule has 0 aromatic carbocycles. The van der Waals surface area contributed by atoms with Gasteiger partial charge in [0.2, 0.25) is 0 Å². The standard InChI is InChI=1S/C13H23NO2/c1-16-12(15)13(14-10-11-6-7-11)8-4-2-3-5-9-13/h11,14H,2-10H2,1H3. The molecular weight excluding hydrogens is 202 g/mol. The number of carbonyl (C=O) groups is 1.